The van der Waals surface area contributed by atoms with Gasteiger partial charge in [0.15, 0.2) is 5.82 Å². The number of piperidine rings is 1. The fraction of sp³-hybridized carbons (Fsp3) is 0.500. The van der Waals surface area contributed by atoms with E-state index in [9.17, 15) is 0 Å². The first-order chi connectivity index (χ1) is 11.3. The summed E-state index contributed by atoms with van der Waals surface area (Å²) in [4.78, 5) is 7.18. The summed E-state index contributed by atoms with van der Waals surface area (Å²) in [6.45, 7) is 3.00. The lowest BCUT2D eigenvalue weighted by Gasteiger charge is -2.31. The van der Waals surface area contributed by atoms with Crippen molar-refractivity contribution in [3.05, 3.63) is 47.0 Å². The Balaban J connectivity index is 1.42. The number of nitrogens with zero attached hydrogens (tertiary/aromatic N) is 4. The molecule has 5 nitrogen and oxygen atoms in total. The molecule has 2 fully saturated rings. The van der Waals surface area contributed by atoms with Gasteiger partial charge in [0, 0.05) is 24.9 Å². The highest BCUT2D eigenvalue weighted by molar-refractivity contribution is 5.32. The van der Waals surface area contributed by atoms with Crippen molar-refractivity contribution in [2.75, 3.05) is 13.1 Å². The highest BCUT2D eigenvalue weighted by Crippen LogP contribution is 2.38. The van der Waals surface area contributed by atoms with E-state index in [1.807, 2.05) is 18.2 Å². The Morgan fingerprint density at radius 1 is 1.26 bits per heavy atom. The van der Waals surface area contributed by atoms with Crippen LogP contribution in [-0.2, 0) is 6.54 Å². The van der Waals surface area contributed by atoms with Gasteiger partial charge in [0.2, 0.25) is 0 Å². The average Bonchev–Trinajstić information content (AvgIpc) is 3.32. The van der Waals surface area contributed by atoms with Crippen LogP contribution in [0.5, 0.6) is 0 Å². The number of nitriles is 1. The molecule has 0 spiro atoms. The summed E-state index contributed by atoms with van der Waals surface area (Å²) in [5.41, 5.74) is 1.94. The molecule has 1 aromatic carbocycles. The lowest BCUT2D eigenvalue weighted by molar-refractivity contribution is 0.196. The lowest BCUT2D eigenvalue weighted by Crippen LogP contribution is -2.34. The molecule has 1 aliphatic carbocycles. The lowest BCUT2D eigenvalue weighted by atomic mass is 9.97. The zero-order chi connectivity index (χ0) is 15.6. The molecule has 118 valence electrons. The quantitative estimate of drug-likeness (QED) is 0.943. The first-order valence-electron chi connectivity index (χ1n) is 8.45. The van der Waals surface area contributed by atoms with E-state index >= 15 is 0 Å². The Labute approximate surface area is 136 Å². The normalized spacial score (nSPS) is 22.0. The minimum absolute atomic E-state index is 0.423. The maximum atomic E-state index is 9.03. The monoisotopic (exact) mass is 307 g/mol. The van der Waals surface area contributed by atoms with Gasteiger partial charge in [0.1, 0.15) is 5.82 Å². The van der Waals surface area contributed by atoms with Gasteiger partial charge in [-0.3, -0.25) is 10.00 Å². The van der Waals surface area contributed by atoms with Crippen molar-refractivity contribution in [1.29, 1.82) is 5.26 Å². The standard InChI is InChI=1S/C18H21N5/c19-10-13-3-1-4-14(9-13)11-23-8-2-5-16(12-23)18-20-17(21-22-18)15-6-7-15/h1,3-4,9,15-16H,2,5-8,11-12H2,(H,20,21,22)/t16-/m0/s1. The molecule has 1 N–H and O–H groups in total. The number of rotatable bonds is 4. The van der Waals surface area contributed by atoms with Crippen LogP contribution in [-0.4, -0.2) is 33.2 Å². The number of aromatic nitrogens is 3. The minimum Gasteiger partial charge on any atom is -0.298 e. The minimum atomic E-state index is 0.423. The van der Waals surface area contributed by atoms with E-state index in [4.69, 9.17) is 10.2 Å². The van der Waals surface area contributed by atoms with Crippen molar-refractivity contribution in [2.45, 2.75) is 44.1 Å². The molecule has 2 heterocycles. The Kier molecular flexibility index (Phi) is 3.84. The molecule has 0 radical (unpaired) electrons. The molecule has 2 aliphatic rings. The van der Waals surface area contributed by atoms with E-state index in [2.05, 4.69) is 27.2 Å². The number of nitrogens with one attached hydrogen (secondary N) is 1. The molecule has 1 saturated heterocycles. The van der Waals surface area contributed by atoms with Gasteiger partial charge in [-0.2, -0.15) is 10.4 Å². The van der Waals surface area contributed by atoms with Gasteiger partial charge in [-0.25, -0.2) is 4.98 Å². The van der Waals surface area contributed by atoms with Crippen molar-refractivity contribution in [3.63, 3.8) is 0 Å². The Morgan fingerprint density at radius 3 is 3.00 bits per heavy atom. The first-order valence-corrected chi connectivity index (χ1v) is 8.45. The molecule has 0 bridgehead atoms. The summed E-state index contributed by atoms with van der Waals surface area (Å²) in [5.74, 6) is 3.12. The summed E-state index contributed by atoms with van der Waals surface area (Å²) in [6.07, 6.45) is 4.84. The molecule has 23 heavy (non-hydrogen) atoms. The van der Waals surface area contributed by atoms with Crippen LogP contribution < -0.4 is 0 Å². The summed E-state index contributed by atoms with van der Waals surface area (Å²) >= 11 is 0. The largest absolute Gasteiger partial charge is 0.298 e. The van der Waals surface area contributed by atoms with Crippen LogP contribution in [0.1, 0.15) is 60.3 Å². The molecule has 1 aliphatic heterocycles. The van der Waals surface area contributed by atoms with E-state index in [0.29, 0.717) is 11.8 Å². The van der Waals surface area contributed by atoms with Gasteiger partial charge < -0.3 is 0 Å². The molecule has 2 aromatic rings. The average molecular weight is 307 g/mol. The summed E-state index contributed by atoms with van der Waals surface area (Å²) in [6, 6.07) is 10.1. The van der Waals surface area contributed by atoms with Crippen LogP contribution in [0.3, 0.4) is 0 Å². The predicted molar refractivity (Wildman–Crippen MR) is 86.8 cm³/mol. The second-order valence-corrected chi connectivity index (χ2v) is 6.74. The molecule has 1 atom stereocenters. The Morgan fingerprint density at radius 2 is 2.17 bits per heavy atom. The zero-order valence-corrected chi connectivity index (χ0v) is 13.2. The maximum absolute atomic E-state index is 9.03. The van der Waals surface area contributed by atoms with E-state index in [-0.39, 0.29) is 0 Å². The maximum Gasteiger partial charge on any atom is 0.155 e. The smallest absolute Gasteiger partial charge is 0.155 e. The van der Waals surface area contributed by atoms with Crippen LogP contribution in [0.25, 0.3) is 0 Å². The molecule has 4 rings (SSSR count). The number of benzene rings is 1. The van der Waals surface area contributed by atoms with Gasteiger partial charge in [-0.15, -0.1) is 0 Å². The van der Waals surface area contributed by atoms with Crippen molar-refractivity contribution in [3.8, 4) is 6.07 Å². The van der Waals surface area contributed by atoms with Gasteiger partial charge in [-0.05, 0) is 49.9 Å². The number of hydrogen-bond donors (Lipinski definition) is 1. The summed E-state index contributed by atoms with van der Waals surface area (Å²) < 4.78 is 0. The third-order valence-electron chi connectivity index (χ3n) is 4.82. The molecular weight excluding hydrogens is 286 g/mol. The van der Waals surface area contributed by atoms with Crippen molar-refractivity contribution >= 4 is 0 Å². The molecule has 1 saturated carbocycles. The zero-order valence-electron chi connectivity index (χ0n) is 13.2. The van der Waals surface area contributed by atoms with Crippen LogP contribution in [0.2, 0.25) is 0 Å². The molecule has 0 amide bonds. The van der Waals surface area contributed by atoms with E-state index in [1.54, 1.807) is 0 Å². The number of hydrogen-bond acceptors (Lipinski definition) is 4. The predicted octanol–water partition coefficient (Wildman–Crippen LogP) is 2.93. The van der Waals surface area contributed by atoms with Crippen LogP contribution >= 0.6 is 0 Å². The van der Waals surface area contributed by atoms with Crippen LogP contribution in [0.4, 0.5) is 0 Å². The third kappa shape index (κ3) is 3.27. The van der Waals surface area contributed by atoms with E-state index < -0.39 is 0 Å². The SMILES string of the molecule is N#Cc1cccc(CN2CCC[C@H](c3n[nH]c(C4CC4)n3)C2)c1. The topological polar surface area (TPSA) is 68.6 Å². The Bertz CT molecular complexity index is 725. The van der Waals surface area contributed by atoms with Crippen molar-refractivity contribution in [2.24, 2.45) is 0 Å². The molecule has 1 aromatic heterocycles. The second kappa shape index (κ2) is 6.13. The van der Waals surface area contributed by atoms with Crippen molar-refractivity contribution < 1.29 is 0 Å². The van der Waals surface area contributed by atoms with Gasteiger partial charge >= 0.3 is 0 Å². The second-order valence-electron chi connectivity index (χ2n) is 6.74. The molecule has 5 heteroatoms. The van der Waals surface area contributed by atoms with Gasteiger partial charge in [0.25, 0.3) is 0 Å². The van der Waals surface area contributed by atoms with E-state index in [0.717, 1.165) is 43.3 Å². The van der Waals surface area contributed by atoms with E-state index in [1.165, 1.54) is 24.8 Å². The van der Waals surface area contributed by atoms with Crippen molar-refractivity contribution in [1.82, 2.24) is 20.1 Å². The highest BCUT2D eigenvalue weighted by Gasteiger charge is 2.30. The summed E-state index contributed by atoms with van der Waals surface area (Å²) in [7, 11) is 0. The molecule has 0 unspecified atom stereocenters. The van der Waals surface area contributed by atoms with Gasteiger partial charge in [0.05, 0.1) is 11.6 Å². The number of aromatic amines is 1. The number of likely N-dealkylation sites (tertiary alicyclic amines) is 1. The fourth-order valence-corrected chi connectivity index (χ4v) is 3.42. The molecular formula is C18H21N5. The van der Waals surface area contributed by atoms with Gasteiger partial charge in [-0.1, -0.05) is 12.1 Å². The fourth-order valence-electron chi connectivity index (χ4n) is 3.42. The third-order valence-corrected chi connectivity index (χ3v) is 4.82. The number of H-pyrrole nitrogens is 1. The Hall–Kier alpha value is -2.19. The summed E-state index contributed by atoms with van der Waals surface area (Å²) in [5, 5.41) is 16.6. The highest BCUT2D eigenvalue weighted by atomic mass is 15.2. The first kappa shape index (κ1) is 14.4. The van der Waals surface area contributed by atoms with Crippen LogP contribution in [0, 0.1) is 11.3 Å². The van der Waals surface area contributed by atoms with Crippen LogP contribution in [0.15, 0.2) is 24.3 Å².